The molecule has 1 aromatic carbocycles. The molecule has 3 aromatic rings. The molecule has 8 nitrogen and oxygen atoms in total. The average Bonchev–Trinajstić information content (AvgIpc) is 3.04. The van der Waals surface area contributed by atoms with E-state index in [1.807, 2.05) is 24.3 Å². The fourth-order valence-corrected chi connectivity index (χ4v) is 3.21. The van der Waals surface area contributed by atoms with E-state index >= 15 is 0 Å². The normalized spacial score (nSPS) is 11.5. The van der Waals surface area contributed by atoms with E-state index in [-0.39, 0.29) is 0 Å². The summed E-state index contributed by atoms with van der Waals surface area (Å²) in [4.78, 5) is 31.1. The minimum absolute atomic E-state index is 0.339. The standard InChI is InChI=1S/C19H23BrN6O2/c1-3-4-5-6-11-26-15-16(25(2)19(28)23-17(15)27)22-18(26)24-21-12-13-7-9-14(20)10-8-13/h7-10,12H,3-6,11H2,1-2H3,(H,22,24)(H,23,27,28). The van der Waals surface area contributed by atoms with E-state index in [0.717, 1.165) is 35.7 Å². The van der Waals surface area contributed by atoms with Crippen LogP contribution in [0.2, 0.25) is 0 Å². The zero-order valence-corrected chi connectivity index (χ0v) is 17.5. The van der Waals surface area contributed by atoms with Gasteiger partial charge in [-0.3, -0.25) is 14.3 Å². The Balaban J connectivity index is 1.93. The lowest BCUT2D eigenvalue weighted by molar-refractivity contribution is 0.593. The summed E-state index contributed by atoms with van der Waals surface area (Å²) in [6.07, 6.45) is 5.90. The Bertz CT molecular complexity index is 1090. The van der Waals surface area contributed by atoms with Gasteiger partial charge in [0.2, 0.25) is 5.95 Å². The van der Waals surface area contributed by atoms with Crippen LogP contribution in [0.3, 0.4) is 0 Å². The number of aryl methyl sites for hydroxylation is 2. The fraction of sp³-hybridized carbons (Fsp3) is 0.368. The molecule has 0 aliphatic heterocycles. The summed E-state index contributed by atoms with van der Waals surface area (Å²) in [7, 11) is 1.59. The molecule has 2 aromatic heterocycles. The van der Waals surface area contributed by atoms with Gasteiger partial charge in [0.05, 0.1) is 6.21 Å². The number of hydrazone groups is 1. The van der Waals surface area contributed by atoms with Crippen LogP contribution in [0.25, 0.3) is 11.2 Å². The fourth-order valence-electron chi connectivity index (χ4n) is 2.95. The van der Waals surface area contributed by atoms with Crippen molar-refractivity contribution in [3.63, 3.8) is 0 Å². The molecular weight excluding hydrogens is 424 g/mol. The summed E-state index contributed by atoms with van der Waals surface area (Å²) in [6.45, 7) is 2.77. The second kappa shape index (κ2) is 9.01. The number of nitrogens with zero attached hydrogens (tertiary/aromatic N) is 4. The molecule has 9 heteroatoms. The number of aromatic amines is 1. The molecular formula is C19H23BrN6O2. The second-order valence-electron chi connectivity index (χ2n) is 6.56. The number of H-pyrrole nitrogens is 1. The molecule has 0 spiro atoms. The van der Waals surface area contributed by atoms with Gasteiger partial charge >= 0.3 is 5.69 Å². The predicted octanol–water partition coefficient (Wildman–Crippen LogP) is 3.21. The minimum Gasteiger partial charge on any atom is -0.303 e. The van der Waals surface area contributed by atoms with Gasteiger partial charge in [-0.2, -0.15) is 10.1 Å². The van der Waals surface area contributed by atoms with Gasteiger partial charge in [0, 0.05) is 18.1 Å². The molecule has 148 valence electrons. The first-order valence-electron chi connectivity index (χ1n) is 9.25. The molecule has 2 N–H and O–H groups in total. The molecule has 0 aliphatic carbocycles. The summed E-state index contributed by atoms with van der Waals surface area (Å²) in [6, 6.07) is 7.72. The van der Waals surface area contributed by atoms with E-state index in [0.29, 0.717) is 23.7 Å². The van der Waals surface area contributed by atoms with E-state index in [1.165, 1.54) is 4.57 Å². The molecule has 3 rings (SSSR count). The highest BCUT2D eigenvalue weighted by molar-refractivity contribution is 9.10. The lowest BCUT2D eigenvalue weighted by atomic mass is 10.2. The van der Waals surface area contributed by atoms with Crippen molar-refractivity contribution < 1.29 is 0 Å². The SMILES string of the molecule is CCCCCCn1c(NN=Cc2ccc(Br)cc2)nc2c1c(=O)[nH]c(=O)n2C. The van der Waals surface area contributed by atoms with Crippen molar-refractivity contribution in [2.45, 2.75) is 39.2 Å². The summed E-state index contributed by atoms with van der Waals surface area (Å²) in [5.41, 5.74) is 3.63. The first-order chi connectivity index (χ1) is 13.5. The van der Waals surface area contributed by atoms with Gasteiger partial charge in [0.15, 0.2) is 11.2 Å². The Morgan fingerprint density at radius 3 is 2.68 bits per heavy atom. The van der Waals surface area contributed by atoms with Crippen LogP contribution < -0.4 is 16.7 Å². The molecule has 0 unspecified atom stereocenters. The van der Waals surface area contributed by atoms with Gasteiger partial charge in [-0.05, 0) is 24.1 Å². The molecule has 28 heavy (non-hydrogen) atoms. The van der Waals surface area contributed by atoms with Crippen molar-refractivity contribution in [3.05, 3.63) is 55.1 Å². The largest absolute Gasteiger partial charge is 0.329 e. The van der Waals surface area contributed by atoms with Crippen LogP contribution in [0.4, 0.5) is 5.95 Å². The summed E-state index contributed by atoms with van der Waals surface area (Å²) < 4.78 is 4.12. The molecule has 0 amide bonds. The van der Waals surface area contributed by atoms with Gasteiger partial charge < -0.3 is 4.57 Å². The van der Waals surface area contributed by atoms with Gasteiger partial charge in [0.1, 0.15) is 0 Å². The lowest BCUT2D eigenvalue weighted by Crippen LogP contribution is -2.29. The van der Waals surface area contributed by atoms with Crippen LogP contribution in [0.1, 0.15) is 38.2 Å². The average molecular weight is 447 g/mol. The first kappa shape index (κ1) is 20.1. The summed E-state index contributed by atoms with van der Waals surface area (Å²) in [5, 5.41) is 4.25. The van der Waals surface area contributed by atoms with Crippen molar-refractivity contribution in [1.29, 1.82) is 0 Å². The zero-order valence-electron chi connectivity index (χ0n) is 15.9. The minimum atomic E-state index is -0.488. The van der Waals surface area contributed by atoms with Crippen molar-refractivity contribution >= 4 is 39.3 Å². The maximum absolute atomic E-state index is 12.4. The van der Waals surface area contributed by atoms with Gasteiger partial charge in [-0.1, -0.05) is 54.2 Å². The van der Waals surface area contributed by atoms with E-state index in [1.54, 1.807) is 17.8 Å². The van der Waals surface area contributed by atoms with Crippen molar-refractivity contribution in [1.82, 2.24) is 19.1 Å². The number of unbranched alkanes of at least 4 members (excludes halogenated alkanes) is 3. The highest BCUT2D eigenvalue weighted by Gasteiger charge is 2.16. The Kier molecular flexibility index (Phi) is 6.45. The van der Waals surface area contributed by atoms with E-state index in [9.17, 15) is 9.59 Å². The smallest absolute Gasteiger partial charge is 0.303 e. The third kappa shape index (κ3) is 4.41. The summed E-state index contributed by atoms with van der Waals surface area (Å²) >= 11 is 3.40. The van der Waals surface area contributed by atoms with Gasteiger partial charge in [-0.25, -0.2) is 10.2 Å². The van der Waals surface area contributed by atoms with E-state index < -0.39 is 11.2 Å². The number of fused-ring (bicyclic) bond motifs is 1. The van der Waals surface area contributed by atoms with Crippen LogP contribution in [-0.2, 0) is 13.6 Å². The van der Waals surface area contributed by atoms with Crippen LogP contribution in [-0.4, -0.2) is 25.3 Å². The third-order valence-electron chi connectivity index (χ3n) is 4.49. The molecule has 0 aliphatic rings. The maximum atomic E-state index is 12.4. The van der Waals surface area contributed by atoms with Crippen LogP contribution in [0, 0.1) is 0 Å². The number of halogens is 1. The van der Waals surface area contributed by atoms with Crippen LogP contribution in [0.5, 0.6) is 0 Å². The molecule has 0 bridgehead atoms. The summed E-state index contributed by atoms with van der Waals surface area (Å²) in [5.74, 6) is 0.437. The number of anilines is 1. The Hall–Kier alpha value is -2.68. The van der Waals surface area contributed by atoms with E-state index in [2.05, 4.69) is 43.3 Å². The number of aromatic nitrogens is 4. The lowest BCUT2D eigenvalue weighted by Gasteiger charge is -2.07. The molecule has 0 saturated heterocycles. The predicted molar refractivity (Wildman–Crippen MR) is 115 cm³/mol. The Morgan fingerprint density at radius 2 is 1.96 bits per heavy atom. The number of hydrogen-bond donors (Lipinski definition) is 2. The third-order valence-corrected chi connectivity index (χ3v) is 5.02. The molecule has 0 saturated carbocycles. The van der Waals surface area contributed by atoms with Gasteiger partial charge in [-0.15, -0.1) is 0 Å². The van der Waals surface area contributed by atoms with Crippen LogP contribution >= 0.6 is 15.9 Å². The van der Waals surface area contributed by atoms with Gasteiger partial charge in [0.25, 0.3) is 5.56 Å². The molecule has 0 radical (unpaired) electrons. The molecule has 2 heterocycles. The van der Waals surface area contributed by atoms with E-state index in [4.69, 9.17) is 0 Å². The first-order valence-corrected chi connectivity index (χ1v) is 10.0. The monoisotopic (exact) mass is 446 g/mol. The maximum Gasteiger partial charge on any atom is 0.329 e. The topological polar surface area (TPSA) is 97.1 Å². The quantitative estimate of drug-likeness (QED) is 0.315. The number of hydrogen-bond acceptors (Lipinski definition) is 5. The second-order valence-corrected chi connectivity index (χ2v) is 7.48. The van der Waals surface area contributed by atoms with Crippen molar-refractivity contribution in [2.75, 3.05) is 5.43 Å². The van der Waals surface area contributed by atoms with Crippen LogP contribution in [0.15, 0.2) is 43.4 Å². The number of benzene rings is 1. The highest BCUT2D eigenvalue weighted by Crippen LogP contribution is 2.17. The van der Waals surface area contributed by atoms with Crippen molar-refractivity contribution in [2.24, 2.45) is 12.1 Å². The number of nitrogens with one attached hydrogen (secondary N) is 2. The number of rotatable bonds is 8. The Labute approximate surface area is 170 Å². The molecule has 0 fully saturated rings. The van der Waals surface area contributed by atoms with Crippen molar-refractivity contribution in [3.8, 4) is 0 Å². The molecule has 0 atom stereocenters. The highest BCUT2D eigenvalue weighted by atomic mass is 79.9. The zero-order chi connectivity index (χ0) is 20.1. The Morgan fingerprint density at radius 1 is 1.21 bits per heavy atom. The number of imidazole rings is 1.